The number of hydrogen-bond donors (Lipinski definition) is 2. The molecule has 0 fully saturated rings. The number of carbonyl (C=O) groups is 2. The number of aliphatic carboxylic acids is 1. The highest BCUT2D eigenvalue weighted by atomic mass is 32.1. The molecule has 0 aliphatic carbocycles. The second kappa shape index (κ2) is 7.92. The average Bonchev–Trinajstić information content (AvgIpc) is 3.02. The predicted molar refractivity (Wildman–Crippen MR) is 92.4 cm³/mol. The molecular formula is C17H20N2O4S. The first kappa shape index (κ1) is 17.9. The zero-order valence-electron chi connectivity index (χ0n) is 13.8. The van der Waals surface area contributed by atoms with E-state index in [9.17, 15) is 9.59 Å². The zero-order chi connectivity index (χ0) is 17.7. The third-order valence-corrected chi connectivity index (χ3v) is 4.09. The van der Waals surface area contributed by atoms with Gasteiger partial charge in [0.1, 0.15) is 16.5 Å². The molecule has 2 N–H and O–H groups in total. The standard InChI is InChI=1S/C17H20N2O4S/c1-10(2)23-13-6-4-12(5-7-13)16-19-14(9-24-16)15(20)18-8-11(3)17(21)22/h4-7,9-11H,8H2,1-3H3,(H,18,20)(H,21,22). The molecule has 0 radical (unpaired) electrons. The average molecular weight is 348 g/mol. The Morgan fingerprint density at radius 2 is 1.92 bits per heavy atom. The minimum Gasteiger partial charge on any atom is -0.491 e. The van der Waals surface area contributed by atoms with E-state index >= 15 is 0 Å². The summed E-state index contributed by atoms with van der Waals surface area (Å²) in [5, 5.41) is 13.8. The third-order valence-electron chi connectivity index (χ3n) is 3.20. The number of aromatic nitrogens is 1. The number of carbonyl (C=O) groups excluding carboxylic acids is 1. The summed E-state index contributed by atoms with van der Waals surface area (Å²) in [5.74, 6) is -1.17. The van der Waals surface area contributed by atoms with E-state index < -0.39 is 11.9 Å². The van der Waals surface area contributed by atoms with E-state index in [4.69, 9.17) is 9.84 Å². The van der Waals surface area contributed by atoms with E-state index in [-0.39, 0.29) is 24.2 Å². The van der Waals surface area contributed by atoms with Gasteiger partial charge in [-0.05, 0) is 38.1 Å². The number of nitrogens with one attached hydrogen (secondary N) is 1. The minimum absolute atomic E-state index is 0.0717. The van der Waals surface area contributed by atoms with Crippen molar-refractivity contribution in [3.8, 4) is 16.3 Å². The SMILES string of the molecule is CC(C)Oc1ccc(-c2nc(C(=O)NCC(C)C(=O)O)cs2)cc1. The first-order valence-electron chi connectivity index (χ1n) is 7.60. The molecule has 1 aromatic carbocycles. The highest BCUT2D eigenvalue weighted by Crippen LogP contribution is 2.26. The van der Waals surface area contributed by atoms with E-state index in [1.807, 2.05) is 38.1 Å². The molecule has 0 aliphatic heterocycles. The van der Waals surface area contributed by atoms with Crippen molar-refractivity contribution in [1.29, 1.82) is 0 Å². The maximum atomic E-state index is 12.0. The van der Waals surface area contributed by atoms with E-state index in [1.165, 1.54) is 18.3 Å². The van der Waals surface area contributed by atoms with Crippen molar-refractivity contribution < 1.29 is 19.4 Å². The van der Waals surface area contributed by atoms with Crippen LogP contribution in [0.25, 0.3) is 10.6 Å². The molecule has 2 aromatic rings. The molecule has 128 valence electrons. The van der Waals surface area contributed by atoms with Crippen molar-refractivity contribution in [2.75, 3.05) is 6.54 Å². The Morgan fingerprint density at radius 1 is 1.25 bits per heavy atom. The molecule has 0 bridgehead atoms. The normalized spacial score (nSPS) is 12.0. The number of carboxylic acid groups (broad SMARTS) is 1. The van der Waals surface area contributed by atoms with E-state index in [2.05, 4.69) is 10.3 Å². The fourth-order valence-electron chi connectivity index (χ4n) is 1.88. The van der Waals surface area contributed by atoms with Gasteiger partial charge in [-0.3, -0.25) is 9.59 Å². The Morgan fingerprint density at radius 3 is 2.50 bits per heavy atom. The molecule has 1 unspecified atom stereocenters. The van der Waals surface area contributed by atoms with Gasteiger partial charge in [0, 0.05) is 17.5 Å². The topological polar surface area (TPSA) is 88.5 Å². The van der Waals surface area contributed by atoms with Crippen molar-refractivity contribution in [2.45, 2.75) is 26.9 Å². The van der Waals surface area contributed by atoms with Gasteiger partial charge >= 0.3 is 5.97 Å². The second-order valence-electron chi connectivity index (χ2n) is 5.68. The molecule has 1 heterocycles. The van der Waals surface area contributed by atoms with Crippen LogP contribution in [-0.2, 0) is 4.79 Å². The number of nitrogens with zero attached hydrogens (tertiary/aromatic N) is 1. The number of amides is 1. The summed E-state index contributed by atoms with van der Waals surface area (Å²) in [6.07, 6.45) is 0.110. The van der Waals surface area contributed by atoms with Gasteiger partial charge in [-0.2, -0.15) is 0 Å². The lowest BCUT2D eigenvalue weighted by molar-refractivity contribution is -0.140. The summed E-state index contributed by atoms with van der Waals surface area (Å²) in [4.78, 5) is 27.1. The Bertz CT molecular complexity index is 710. The van der Waals surface area contributed by atoms with Gasteiger partial charge in [-0.1, -0.05) is 6.92 Å². The molecule has 1 aromatic heterocycles. The van der Waals surface area contributed by atoms with Crippen LogP contribution in [0.3, 0.4) is 0 Å². The lowest BCUT2D eigenvalue weighted by Crippen LogP contribution is -2.31. The lowest BCUT2D eigenvalue weighted by atomic mass is 10.2. The van der Waals surface area contributed by atoms with Crippen LogP contribution >= 0.6 is 11.3 Å². The van der Waals surface area contributed by atoms with Gasteiger partial charge in [-0.25, -0.2) is 4.98 Å². The van der Waals surface area contributed by atoms with Crippen LogP contribution in [0.5, 0.6) is 5.75 Å². The number of thiazole rings is 1. The van der Waals surface area contributed by atoms with Crippen molar-refractivity contribution >= 4 is 23.2 Å². The predicted octanol–water partition coefficient (Wildman–Crippen LogP) is 3.05. The number of benzene rings is 1. The fraction of sp³-hybridized carbons (Fsp3) is 0.353. The summed E-state index contributed by atoms with van der Waals surface area (Å²) >= 11 is 1.36. The van der Waals surface area contributed by atoms with Gasteiger partial charge in [0.25, 0.3) is 5.91 Å². The van der Waals surface area contributed by atoms with Crippen LogP contribution in [0, 0.1) is 5.92 Å². The molecule has 2 rings (SSSR count). The third kappa shape index (κ3) is 4.79. The summed E-state index contributed by atoms with van der Waals surface area (Å²) in [6.45, 7) is 5.54. The molecule has 0 saturated heterocycles. The van der Waals surface area contributed by atoms with Crippen LogP contribution in [0.15, 0.2) is 29.6 Å². The van der Waals surface area contributed by atoms with Crippen molar-refractivity contribution in [2.24, 2.45) is 5.92 Å². The quantitative estimate of drug-likeness (QED) is 0.803. The lowest BCUT2D eigenvalue weighted by Gasteiger charge is -2.09. The minimum atomic E-state index is -0.946. The number of ether oxygens (including phenoxy) is 1. The van der Waals surface area contributed by atoms with E-state index in [0.717, 1.165) is 16.3 Å². The fourth-order valence-corrected chi connectivity index (χ4v) is 2.69. The molecule has 7 heteroatoms. The Hall–Kier alpha value is -2.41. The van der Waals surface area contributed by atoms with Crippen LogP contribution in [-0.4, -0.2) is 34.6 Å². The smallest absolute Gasteiger partial charge is 0.308 e. The molecule has 1 atom stereocenters. The molecule has 0 aliphatic rings. The van der Waals surface area contributed by atoms with Crippen molar-refractivity contribution in [1.82, 2.24) is 10.3 Å². The number of carboxylic acids is 1. The maximum Gasteiger partial charge on any atom is 0.308 e. The number of hydrogen-bond acceptors (Lipinski definition) is 5. The summed E-state index contributed by atoms with van der Waals surface area (Å²) < 4.78 is 5.59. The summed E-state index contributed by atoms with van der Waals surface area (Å²) in [5.41, 5.74) is 1.18. The maximum absolute atomic E-state index is 12.0. The van der Waals surface area contributed by atoms with Crippen LogP contribution in [0.2, 0.25) is 0 Å². The van der Waals surface area contributed by atoms with E-state index in [0.29, 0.717) is 0 Å². The van der Waals surface area contributed by atoms with Crippen molar-refractivity contribution in [3.63, 3.8) is 0 Å². The Kier molecular flexibility index (Phi) is 5.92. The van der Waals surface area contributed by atoms with Crippen LogP contribution < -0.4 is 10.1 Å². The highest BCUT2D eigenvalue weighted by molar-refractivity contribution is 7.13. The molecule has 1 amide bonds. The second-order valence-corrected chi connectivity index (χ2v) is 6.54. The Balaban J connectivity index is 2.02. The van der Waals surface area contributed by atoms with Gasteiger partial charge < -0.3 is 15.2 Å². The largest absolute Gasteiger partial charge is 0.491 e. The monoisotopic (exact) mass is 348 g/mol. The Labute approximate surface area is 144 Å². The van der Waals surface area contributed by atoms with Gasteiger partial charge in [0.05, 0.1) is 12.0 Å². The highest BCUT2D eigenvalue weighted by Gasteiger charge is 2.15. The van der Waals surface area contributed by atoms with Gasteiger partial charge in [0.2, 0.25) is 0 Å². The first-order valence-corrected chi connectivity index (χ1v) is 8.48. The van der Waals surface area contributed by atoms with Crippen LogP contribution in [0.1, 0.15) is 31.3 Å². The molecule has 0 spiro atoms. The van der Waals surface area contributed by atoms with Crippen molar-refractivity contribution in [3.05, 3.63) is 35.3 Å². The first-order chi connectivity index (χ1) is 11.4. The molecule has 0 saturated carbocycles. The summed E-state index contributed by atoms with van der Waals surface area (Å²) in [6, 6.07) is 7.52. The van der Waals surface area contributed by atoms with Crippen LogP contribution in [0.4, 0.5) is 0 Å². The summed E-state index contributed by atoms with van der Waals surface area (Å²) in [7, 11) is 0. The zero-order valence-corrected chi connectivity index (χ0v) is 14.6. The number of rotatable bonds is 7. The van der Waals surface area contributed by atoms with Gasteiger partial charge in [-0.15, -0.1) is 11.3 Å². The molecule has 6 nitrogen and oxygen atoms in total. The molecule has 24 heavy (non-hydrogen) atoms. The van der Waals surface area contributed by atoms with E-state index in [1.54, 1.807) is 5.38 Å². The molecular weight excluding hydrogens is 328 g/mol. The van der Waals surface area contributed by atoms with Gasteiger partial charge in [0.15, 0.2) is 0 Å².